The molecule has 0 bridgehead atoms. The third-order valence-corrected chi connectivity index (χ3v) is 6.87. The molecule has 1 aromatic rings. The summed E-state index contributed by atoms with van der Waals surface area (Å²) >= 11 is 1.78. The third-order valence-electron chi connectivity index (χ3n) is 3.54. The molecule has 1 aliphatic heterocycles. The first-order valence-electron chi connectivity index (χ1n) is 6.70. The van der Waals surface area contributed by atoms with E-state index in [-0.39, 0.29) is 15.2 Å². The number of sulfonamides is 1. The summed E-state index contributed by atoms with van der Waals surface area (Å²) in [6.45, 7) is 5.18. The van der Waals surface area contributed by atoms with Gasteiger partial charge in [-0.3, -0.25) is 0 Å². The maximum absolute atomic E-state index is 12.8. The molecule has 5 nitrogen and oxygen atoms in total. The van der Waals surface area contributed by atoms with E-state index in [0.29, 0.717) is 18.8 Å². The van der Waals surface area contributed by atoms with Gasteiger partial charge in [-0.1, -0.05) is 13.8 Å². The number of rotatable bonds is 2. The van der Waals surface area contributed by atoms with Crippen molar-refractivity contribution in [3.8, 4) is 6.07 Å². The van der Waals surface area contributed by atoms with E-state index in [1.54, 1.807) is 11.8 Å². The normalized spacial score (nSPS) is 19.7. The fraction of sp³-hybridized carbons (Fsp3) is 0.500. The van der Waals surface area contributed by atoms with Crippen LogP contribution in [0.2, 0.25) is 0 Å². The Kier molecular flexibility index (Phi) is 4.51. The number of thioether (sulfide) groups is 1. The molecule has 2 rings (SSSR count). The summed E-state index contributed by atoms with van der Waals surface area (Å²) in [4.78, 5) is 0.0453. The van der Waals surface area contributed by atoms with Gasteiger partial charge in [0.2, 0.25) is 10.0 Å². The van der Waals surface area contributed by atoms with E-state index in [2.05, 4.69) is 13.8 Å². The van der Waals surface area contributed by atoms with Crippen LogP contribution in [0.15, 0.2) is 23.1 Å². The number of nitrogens with zero attached hydrogens (tertiary/aromatic N) is 2. The summed E-state index contributed by atoms with van der Waals surface area (Å²) in [5.74, 6) is 0.753. The van der Waals surface area contributed by atoms with Crippen LogP contribution in [-0.2, 0) is 10.0 Å². The molecule has 0 aromatic heterocycles. The predicted octanol–water partition coefficient (Wildman–Crippen LogP) is 2.05. The van der Waals surface area contributed by atoms with Gasteiger partial charge >= 0.3 is 0 Å². The highest BCUT2D eigenvalue weighted by Gasteiger charge is 2.32. The van der Waals surface area contributed by atoms with Gasteiger partial charge in [0.1, 0.15) is 11.0 Å². The van der Waals surface area contributed by atoms with Gasteiger partial charge in [0.05, 0.1) is 5.56 Å². The molecule has 1 saturated heterocycles. The minimum Gasteiger partial charge on any atom is -0.399 e. The minimum absolute atomic E-state index is 0.0453. The summed E-state index contributed by atoms with van der Waals surface area (Å²) in [5.41, 5.74) is 6.11. The van der Waals surface area contributed by atoms with Crippen molar-refractivity contribution >= 4 is 27.5 Å². The van der Waals surface area contributed by atoms with E-state index in [1.165, 1.54) is 22.5 Å². The topological polar surface area (TPSA) is 87.2 Å². The molecule has 0 atom stereocenters. The zero-order valence-electron chi connectivity index (χ0n) is 12.2. The first kappa shape index (κ1) is 16.1. The summed E-state index contributed by atoms with van der Waals surface area (Å²) in [6.07, 6.45) is 0.785. The van der Waals surface area contributed by atoms with Crippen molar-refractivity contribution in [3.63, 3.8) is 0 Å². The van der Waals surface area contributed by atoms with Gasteiger partial charge in [0, 0.05) is 29.3 Å². The average Bonchev–Trinajstić information content (AvgIpc) is 2.59. The van der Waals surface area contributed by atoms with Crippen molar-refractivity contribution in [1.82, 2.24) is 4.31 Å². The smallest absolute Gasteiger partial charge is 0.244 e. The van der Waals surface area contributed by atoms with Gasteiger partial charge in [-0.25, -0.2) is 8.42 Å². The highest BCUT2D eigenvalue weighted by molar-refractivity contribution is 8.00. The summed E-state index contributed by atoms with van der Waals surface area (Å²) < 4.78 is 27.1. The zero-order chi connectivity index (χ0) is 15.7. The Bertz CT molecular complexity index is 678. The minimum atomic E-state index is -3.65. The van der Waals surface area contributed by atoms with Crippen LogP contribution in [0.4, 0.5) is 5.69 Å². The maximum Gasteiger partial charge on any atom is 0.244 e. The molecule has 0 unspecified atom stereocenters. The summed E-state index contributed by atoms with van der Waals surface area (Å²) in [5, 5.41) is 9.15. The van der Waals surface area contributed by atoms with Crippen molar-refractivity contribution in [2.75, 3.05) is 24.6 Å². The first-order chi connectivity index (χ1) is 9.76. The van der Waals surface area contributed by atoms with Gasteiger partial charge < -0.3 is 5.73 Å². The molecule has 1 fully saturated rings. The molecule has 1 heterocycles. The van der Waals surface area contributed by atoms with Crippen molar-refractivity contribution in [2.24, 2.45) is 0 Å². The van der Waals surface area contributed by atoms with E-state index in [9.17, 15) is 8.42 Å². The van der Waals surface area contributed by atoms with Crippen LogP contribution in [0.3, 0.4) is 0 Å². The van der Waals surface area contributed by atoms with Crippen molar-refractivity contribution in [3.05, 3.63) is 23.8 Å². The lowest BCUT2D eigenvalue weighted by Crippen LogP contribution is -2.34. The molecule has 0 aliphatic carbocycles. The quantitative estimate of drug-likeness (QED) is 0.841. The largest absolute Gasteiger partial charge is 0.399 e. The molecule has 1 aliphatic rings. The molecule has 1 aromatic carbocycles. The lowest BCUT2D eigenvalue weighted by molar-refractivity contribution is 0.415. The second kappa shape index (κ2) is 5.87. The molecule has 2 N–H and O–H groups in total. The Morgan fingerprint density at radius 3 is 2.76 bits per heavy atom. The predicted molar refractivity (Wildman–Crippen MR) is 85.5 cm³/mol. The molecular weight excluding hydrogens is 306 g/mol. The number of hydrogen-bond acceptors (Lipinski definition) is 5. The maximum atomic E-state index is 12.8. The second-order valence-corrected chi connectivity index (χ2v) is 9.34. The average molecular weight is 325 g/mol. The summed E-state index contributed by atoms with van der Waals surface area (Å²) in [7, 11) is -3.65. The standard InChI is InChI=1S/C14H19N3O2S2/c1-14(2)5-6-17(7-8-20-14)21(18,19)13-4-3-12(16)9-11(13)10-15/h3-4,9H,5-8,16H2,1-2H3. The third kappa shape index (κ3) is 3.51. The fourth-order valence-electron chi connectivity index (χ4n) is 2.24. The van der Waals surface area contributed by atoms with Crippen molar-refractivity contribution < 1.29 is 8.42 Å². The van der Waals surface area contributed by atoms with E-state index in [4.69, 9.17) is 11.0 Å². The number of hydrogen-bond donors (Lipinski definition) is 1. The second-order valence-electron chi connectivity index (χ2n) is 5.63. The van der Waals surface area contributed by atoms with Crippen LogP contribution >= 0.6 is 11.8 Å². The lowest BCUT2D eigenvalue weighted by Gasteiger charge is -2.22. The van der Waals surface area contributed by atoms with Crippen LogP contribution < -0.4 is 5.73 Å². The zero-order valence-corrected chi connectivity index (χ0v) is 13.8. The van der Waals surface area contributed by atoms with Gasteiger partial charge in [-0.05, 0) is 24.6 Å². The number of nitriles is 1. The Balaban J connectivity index is 2.37. The van der Waals surface area contributed by atoms with Gasteiger partial charge in [0.15, 0.2) is 0 Å². The molecular formula is C14H19N3O2S2. The molecule has 0 radical (unpaired) electrons. The molecule has 0 amide bonds. The van der Waals surface area contributed by atoms with Crippen LogP contribution in [0.5, 0.6) is 0 Å². The molecule has 114 valence electrons. The highest BCUT2D eigenvalue weighted by Crippen LogP contribution is 2.33. The van der Waals surface area contributed by atoms with Gasteiger partial charge in [-0.15, -0.1) is 0 Å². The molecule has 0 saturated carbocycles. The van der Waals surface area contributed by atoms with Gasteiger partial charge in [0.25, 0.3) is 0 Å². The summed E-state index contributed by atoms with van der Waals surface area (Å²) in [6, 6.07) is 6.27. The molecule has 0 spiro atoms. The lowest BCUT2D eigenvalue weighted by atomic mass is 10.1. The Labute approximate surface area is 130 Å². The monoisotopic (exact) mass is 325 g/mol. The van der Waals surface area contributed by atoms with Crippen molar-refractivity contribution in [1.29, 1.82) is 5.26 Å². The van der Waals surface area contributed by atoms with Crippen LogP contribution in [0.25, 0.3) is 0 Å². The number of nitrogens with two attached hydrogens (primary N) is 1. The molecule has 21 heavy (non-hydrogen) atoms. The Morgan fingerprint density at radius 1 is 1.38 bits per heavy atom. The van der Waals surface area contributed by atoms with E-state index in [0.717, 1.165) is 12.2 Å². The van der Waals surface area contributed by atoms with Crippen LogP contribution in [0, 0.1) is 11.3 Å². The van der Waals surface area contributed by atoms with E-state index >= 15 is 0 Å². The molecule has 7 heteroatoms. The fourth-order valence-corrected chi connectivity index (χ4v) is 5.02. The van der Waals surface area contributed by atoms with Crippen molar-refractivity contribution in [2.45, 2.75) is 29.9 Å². The Hall–Kier alpha value is -1.23. The Morgan fingerprint density at radius 2 is 2.10 bits per heavy atom. The number of nitrogen functional groups attached to an aromatic ring is 1. The van der Waals surface area contributed by atoms with Crippen LogP contribution in [0.1, 0.15) is 25.8 Å². The highest BCUT2D eigenvalue weighted by atomic mass is 32.2. The first-order valence-corrected chi connectivity index (χ1v) is 9.12. The van der Waals surface area contributed by atoms with E-state index in [1.807, 2.05) is 6.07 Å². The SMILES string of the molecule is CC1(C)CCN(S(=O)(=O)c2ccc(N)cc2C#N)CCS1. The van der Waals surface area contributed by atoms with Crippen LogP contribution in [-0.4, -0.2) is 36.3 Å². The number of anilines is 1. The number of benzene rings is 1. The van der Waals surface area contributed by atoms with Gasteiger partial charge in [-0.2, -0.15) is 21.3 Å². The van der Waals surface area contributed by atoms with E-state index < -0.39 is 10.0 Å².